The number of halogens is 1. The topological polar surface area (TPSA) is 35.8 Å². The molecular formula is C13H11ClN2O2S. The molecule has 0 aliphatic heterocycles. The second-order valence-electron chi connectivity index (χ2n) is 3.81. The number of aromatic nitrogens is 2. The number of para-hydroxylation sites is 2. The van der Waals surface area contributed by atoms with Crippen LogP contribution in [0.4, 0.5) is 0 Å². The zero-order valence-electron chi connectivity index (χ0n) is 10.2. The van der Waals surface area contributed by atoms with Gasteiger partial charge < -0.3 is 9.47 Å². The van der Waals surface area contributed by atoms with Gasteiger partial charge in [0.25, 0.3) is 0 Å². The molecule has 3 aromatic rings. The summed E-state index contributed by atoms with van der Waals surface area (Å²) in [5, 5.41) is 1.96. The van der Waals surface area contributed by atoms with E-state index in [1.54, 1.807) is 18.4 Å². The number of benzene rings is 1. The molecule has 4 nitrogen and oxygen atoms in total. The molecule has 0 aliphatic carbocycles. The van der Waals surface area contributed by atoms with Crippen LogP contribution in [-0.2, 0) is 5.88 Å². The molecule has 0 radical (unpaired) electrons. The Kier molecular flexibility index (Phi) is 3.31. The van der Waals surface area contributed by atoms with Crippen LogP contribution in [0.1, 0.15) is 5.69 Å². The summed E-state index contributed by atoms with van der Waals surface area (Å²) >= 11 is 7.52. The van der Waals surface area contributed by atoms with E-state index in [-0.39, 0.29) is 0 Å². The number of alkyl halides is 1. The summed E-state index contributed by atoms with van der Waals surface area (Å²) in [5.41, 5.74) is 0.837. The van der Waals surface area contributed by atoms with E-state index in [0.29, 0.717) is 23.3 Å². The Hall–Kier alpha value is -1.72. The van der Waals surface area contributed by atoms with E-state index in [9.17, 15) is 0 Å². The van der Waals surface area contributed by atoms with E-state index < -0.39 is 0 Å². The van der Waals surface area contributed by atoms with Gasteiger partial charge >= 0.3 is 0 Å². The molecule has 19 heavy (non-hydrogen) atoms. The molecule has 6 heteroatoms. The van der Waals surface area contributed by atoms with Gasteiger partial charge in [-0.3, -0.25) is 4.40 Å². The Morgan fingerprint density at radius 1 is 1.32 bits per heavy atom. The molecule has 3 rings (SSSR count). The number of fused-ring (bicyclic) bond motifs is 1. The Labute approximate surface area is 119 Å². The predicted octanol–water partition coefficient (Wildman–Crippen LogP) is 3.94. The first-order chi connectivity index (χ1) is 9.33. The maximum absolute atomic E-state index is 5.98. The number of imidazole rings is 1. The van der Waals surface area contributed by atoms with Gasteiger partial charge in [0.15, 0.2) is 16.5 Å². The summed E-state index contributed by atoms with van der Waals surface area (Å²) in [6.45, 7) is 0. The maximum Gasteiger partial charge on any atom is 0.243 e. The zero-order valence-corrected chi connectivity index (χ0v) is 11.7. The van der Waals surface area contributed by atoms with Gasteiger partial charge in [-0.05, 0) is 12.1 Å². The number of hydrogen-bond acceptors (Lipinski definition) is 4. The molecule has 0 N–H and O–H groups in total. The lowest BCUT2D eigenvalue weighted by atomic mass is 10.3. The SMILES string of the molecule is COc1ccccc1Oc1nc2sccn2c1CCl. The Morgan fingerprint density at radius 2 is 2.11 bits per heavy atom. The van der Waals surface area contributed by atoms with Crippen molar-refractivity contribution in [3.8, 4) is 17.4 Å². The highest BCUT2D eigenvalue weighted by molar-refractivity contribution is 7.15. The van der Waals surface area contributed by atoms with Gasteiger partial charge in [0.05, 0.1) is 13.0 Å². The highest BCUT2D eigenvalue weighted by Gasteiger charge is 2.15. The number of nitrogens with zero attached hydrogens (tertiary/aromatic N) is 2. The van der Waals surface area contributed by atoms with Gasteiger partial charge in [0.1, 0.15) is 5.69 Å². The number of methoxy groups -OCH3 is 1. The average Bonchev–Trinajstić information content (AvgIpc) is 2.99. The van der Waals surface area contributed by atoms with E-state index in [4.69, 9.17) is 21.1 Å². The van der Waals surface area contributed by atoms with E-state index >= 15 is 0 Å². The molecule has 0 fully saturated rings. The van der Waals surface area contributed by atoms with E-state index in [2.05, 4.69) is 4.98 Å². The van der Waals surface area contributed by atoms with E-state index in [1.807, 2.05) is 40.2 Å². The molecule has 2 heterocycles. The largest absolute Gasteiger partial charge is 0.493 e. The number of rotatable bonds is 4. The van der Waals surface area contributed by atoms with Crippen molar-refractivity contribution in [3.63, 3.8) is 0 Å². The first-order valence-corrected chi connectivity index (χ1v) is 7.06. The Bertz CT molecular complexity index is 708. The fourth-order valence-corrected chi connectivity index (χ4v) is 2.79. The smallest absolute Gasteiger partial charge is 0.243 e. The van der Waals surface area contributed by atoms with Gasteiger partial charge in [-0.1, -0.05) is 12.1 Å². The minimum Gasteiger partial charge on any atom is -0.493 e. The third-order valence-corrected chi connectivity index (χ3v) is 3.74. The van der Waals surface area contributed by atoms with Crippen LogP contribution in [-0.4, -0.2) is 16.5 Å². The summed E-state index contributed by atoms with van der Waals surface area (Å²) in [7, 11) is 1.61. The maximum atomic E-state index is 5.98. The minimum atomic E-state index is 0.336. The highest BCUT2D eigenvalue weighted by atomic mass is 35.5. The summed E-state index contributed by atoms with van der Waals surface area (Å²) in [5.74, 6) is 2.15. The van der Waals surface area contributed by atoms with Crippen LogP contribution in [0.25, 0.3) is 4.96 Å². The van der Waals surface area contributed by atoms with Crippen molar-refractivity contribution in [2.24, 2.45) is 0 Å². The molecule has 0 spiro atoms. The summed E-state index contributed by atoms with van der Waals surface area (Å²) in [6.07, 6.45) is 1.93. The number of ether oxygens (including phenoxy) is 2. The van der Waals surface area contributed by atoms with Crippen molar-refractivity contribution in [2.75, 3.05) is 7.11 Å². The Morgan fingerprint density at radius 3 is 2.84 bits per heavy atom. The lowest BCUT2D eigenvalue weighted by molar-refractivity contribution is 0.374. The Balaban J connectivity index is 2.02. The van der Waals surface area contributed by atoms with Gasteiger partial charge in [-0.2, -0.15) is 4.98 Å². The molecule has 98 valence electrons. The molecule has 0 saturated heterocycles. The molecule has 0 atom stereocenters. The van der Waals surface area contributed by atoms with Crippen LogP contribution in [0.3, 0.4) is 0 Å². The molecular weight excluding hydrogens is 284 g/mol. The second kappa shape index (κ2) is 5.11. The standard InChI is InChI=1S/C13H11ClN2O2S/c1-17-10-4-2-3-5-11(10)18-12-9(8-14)16-6-7-19-13(16)15-12/h2-7H,8H2,1H3. The number of thiazole rings is 1. The van der Waals surface area contributed by atoms with E-state index in [0.717, 1.165) is 10.7 Å². The quantitative estimate of drug-likeness (QED) is 0.684. The molecule has 1 aromatic carbocycles. The lowest BCUT2D eigenvalue weighted by Crippen LogP contribution is -1.93. The highest BCUT2D eigenvalue weighted by Crippen LogP contribution is 2.33. The van der Waals surface area contributed by atoms with Crippen molar-refractivity contribution in [3.05, 3.63) is 41.5 Å². The molecule has 0 saturated carbocycles. The van der Waals surface area contributed by atoms with Gasteiger partial charge in [-0.15, -0.1) is 22.9 Å². The summed E-state index contributed by atoms with van der Waals surface area (Å²) < 4.78 is 13.0. The fraction of sp³-hybridized carbons (Fsp3) is 0.154. The third kappa shape index (κ3) is 2.15. The normalized spacial score (nSPS) is 10.8. The van der Waals surface area contributed by atoms with Crippen molar-refractivity contribution < 1.29 is 9.47 Å². The molecule has 2 aromatic heterocycles. The monoisotopic (exact) mass is 294 g/mol. The van der Waals surface area contributed by atoms with Crippen LogP contribution in [0.2, 0.25) is 0 Å². The van der Waals surface area contributed by atoms with Crippen LogP contribution in [0.15, 0.2) is 35.8 Å². The third-order valence-electron chi connectivity index (χ3n) is 2.73. The van der Waals surface area contributed by atoms with E-state index in [1.165, 1.54) is 0 Å². The van der Waals surface area contributed by atoms with Gasteiger partial charge in [0.2, 0.25) is 5.88 Å². The second-order valence-corrected chi connectivity index (χ2v) is 4.95. The summed E-state index contributed by atoms with van der Waals surface area (Å²) in [6, 6.07) is 7.45. The van der Waals surface area contributed by atoms with Gasteiger partial charge in [-0.25, -0.2) is 0 Å². The molecule has 0 unspecified atom stereocenters. The van der Waals surface area contributed by atoms with Crippen LogP contribution >= 0.6 is 22.9 Å². The van der Waals surface area contributed by atoms with Crippen molar-refractivity contribution in [1.82, 2.24) is 9.38 Å². The van der Waals surface area contributed by atoms with Crippen molar-refractivity contribution >= 4 is 27.9 Å². The van der Waals surface area contributed by atoms with Crippen LogP contribution in [0, 0.1) is 0 Å². The fourth-order valence-electron chi connectivity index (χ4n) is 1.82. The van der Waals surface area contributed by atoms with Crippen LogP contribution < -0.4 is 9.47 Å². The van der Waals surface area contributed by atoms with Crippen LogP contribution in [0.5, 0.6) is 17.4 Å². The van der Waals surface area contributed by atoms with Crippen molar-refractivity contribution in [2.45, 2.75) is 5.88 Å². The first kappa shape index (κ1) is 12.3. The number of hydrogen-bond donors (Lipinski definition) is 0. The molecule has 0 aliphatic rings. The molecule has 0 bridgehead atoms. The average molecular weight is 295 g/mol. The zero-order chi connectivity index (χ0) is 13.2. The first-order valence-electron chi connectivity index (χ1n) is 5.64. The minimum absolute atomic E-state index is 0.336. The lowest BCUT2D eigenvalue weighted by Gasteiger charge is -2.08. The summed E-state index contributed by atoms with van der Waals surface area (Å²) in [4.78, 5) is 5.30. The predicted molar refractivity (Wildman–Crippen MR) is 75.7 cm³/mol. The molecule has 0 amide bonds. The van der Waals surface area contributed by atoms with Crippen molar-refractivity contribution in [1.29, 1.82) is 0 Å². The van der Waals surface area contributed by atoms with Gasteiger partial charge in [0, 0.05) is 11.6 Å².